The van der Waals surface area contributed by atoms with Crippen LogP contribution >= 0.6 is 0 Å². The second-order valence-electron chi connectivity index (χ2n) is 9.85. The summed E-state index contributed by atoms with van der Waals surface area (Å²) in [5, 5.41) is 7.67. The molecule has 4 rings (SSSR count). The number of carbonyl (C=O) groups excluding carboxylic acids is 1. The Morgan fingerprint density at radius 2 is 2.00 bits per heavy atom. The summed E-state index contributed by atoms with van der Waals surface area (Å²) in [6, 6.07) is 4.78. The number of nitrogens with one attached hydrogen (secondary N) is 1. The van der Waals surface area contributed by atoms with Crippen LogP contribution in [0, 0.1) is 5.41 Å². The van der Waals surface area contributed by atoms with E-state index in [0.717, 1.165) is 17.5 Å². The molecule has 0 aromatic carbocycles. The third kappa shape index (κ3) is 4.61. The lowest BCUT2D eigenvalue weighted by molar-refractivity contribution is -0.175. The van der Waals surface area contributed by atoms with E-state index in [9.17, 15) is 18.0 Å². The molecule has 3 atom stereocenters. The van der Waals surface area contributed by atoms with Crippen molar-refractivity contribution in [2.75, 3.05) is 11.9 Å². The standard InChI is InChI=1S/C23H30F3N5O/c1-22(2,3)18-14-19(23(24,25)26)31-20(28-18)13-16(29-31)17-9-5-7-11-30(17)21(32)12-15-8-4-6-10-27-15/h4,6,8,10,13,17-19,28H,5,7,9,11-12,14H2,1-3H3/t17-,18-,19+/m0/s1. The number of pyridine rings is 1. The molecule has 174 valence electrons. The van der Waals surface area contributed by atoms with Crippen molar-refractivity contribution < 1.29 is 18.0 Å². The van der Waals surface area contributed by atoms with Gasteiger partial charge in [0.1, 0.15) is 5.82 Å². The Morgan fingerprint density at radius 3 is 2.66 bits per heavy atom. The molecule has 2 aliphatic rings. The number of rotatable bonds is 3. The number of piperidine rings is 1. The summed E-state index contributed by atoms with van der Waals surface area (Å²) in [7, 11) is 0. The highest BCUT2D eigenvalue weighted by Gasteiger charge is 2.48. The van der Waals surface area contributed by atoms with Crippen molar-refractivity contribution in [3.05, 3.63) is 41.9 Å². The summed E-state index contributed by atoms with van der Waals surface area (Å²) in [6.07, 6.45) is -0.203. The van der Waals surface area contributed by atoms with Crippen molar-refractivity contribution in [3.63, 3.8) is 0 Å². The van der Waals surface area contributed by atoms with Crippen molar-refractivity contribution >= 4 is 11.7 Å². The normalized spacial score (nSPS) is 24.1. The van der Waals surface area contributed by atoms with Crippen LogP contribution in [-0.4, -0.2) is 44.3 Å². The third-order valence-corrected chi connectivity index (χ3v) is 6.48. The quantitative estimate of drug-likeness (QED) is 0.723. The van der Waals surface area contributed by atoms with Crippen LogP contribution in [0.2, 0.25) is 0 Å². The van der Waals surface area contributed by atoms with E-state index in [-0.39, 0.29) is 36.2 Å². The number of halogens is 3. The van der Waals surface area contributed by atoms with Gasteiger partial charge in [0.2, 0.25) is 5.91 Å². The van der Waals surface area contributed by atoms with Gasteiger partial charge in [-0.2, -0.15) is 18.3 Å². The van der Waals surface area contributed by atoms with Gasteiger partial charge in [0, 0.05) is 30.5 Å². The van der Waals surface area contributed by atoms with Crippen LogP contribution in [-0.2, 0) is 11.2 Å². The molecule has 1 fully saturated rings. The number of carbonyl (C=O) groups is 1. The average molecular weight is 450 g/mol. The Labute approximate surface area is 186 Å². The number of hydrogen-bond donors (Lipinski definition) is 1. The first-order chi connectivity index (χ1) is 15.0. The van der Waals surface area contributed by atoms with Gasteiger partial charge < -0.3 is 10.2 Å². The molecule has 2 aliphatic heterocycles. The summed E-state index contributed by atoms with van der Waals surface area (Å²) in [6.45, 7) is 6.37. The van der Waals surface area contributed by atoms with Gasteiger partial charge in [-0.15, -0.1) is 0 Å². The molecule has 1 saturated heterocycles. The number of aromatic nitrogens is 3. The predicted octanol–water partition coefficient (Wildman–Crippen LogP) is 4.91. The summed E-state index contributed by atoms with van der Waals surface area (Å²) < 4.78 is 42.8. The average Bonchev–Trinajstić information content (AvgIpc) is 3.16. The molecule has 0 radical (unpaired) electrons. The second-order valence-corrected chi connectivity index (χ2v) is 9.85. The van der Waals surface area contributed by atoms with E-state index in [0.29, 0.717) is 30.2 Å². The summed E-state index contributed by atoms with van der Waals surface area (Å²) >= 11 is 0. The van der Waals surface area contributed by atoms with Crippen LogP contribution in [0.3, 0.4) is 0 Å². The fourth-order valence-corrected chi connectivity index (χ4v) is 4.62. The topological polar surface area (TPSA) is 63.1 Å². The molecule has 2 aromatic rings. The minimum Gasteiger partial charge on any atom is -0.367 e. The highest BCUT2D eigenvalue weighted by Crippen LogP contribution is 2.44. The van der Waals surface area contributed by atoms with Crippen LogP contribution in [0.15, 0.2) is 30.5 Å². The van der Waals surface area contributed by atoms with E-state index in [4.69, 9.17) is 0 Å². The van der Waals surface area contributed by atoms with Crippen LogP contribution in [0.25, 0.3) is 0 Å². The summed E-state index contributed by atoms with van der Waals surface area (Å²) in [4.78, 5) is 19.0. The molecule has 6 nitrogen and oxygen atoms in total. The largest absolute Gasteiger partial charge is 0.410 e. The molecule has 9 heteroatoms. The van der Waals surface area contributed by atoms with E-state index in [2.05, 4.69) is 15.4 Å². The fourth-order valence-electron chi connectivity index (χ4n) is 4.62. The second kappa shape index (κ2) is 8.41. The SMILES string of the molecule is CC(C)(C)[C@@H]1C[C@H](C(F)(F)F)n2nc([C@@H]3CCCCN3C(=O)Cc3ccccn3)cc2N1. The minimum atomic E-state index is -4.40. The Balaban J connectivity index is 1.63. The number of fused-ring (bicyclic) bond motifs is 1. The zero-order chi connectivity index (χ0) is 23.1. The van der Waals surface area contributed by atoms with Gasteiger partial charge in [-0.1, -0.05) is 26.8 Å². The highest BCUT2D eigenvalue weighted by molar-refractivity contribution is 5.79. The molecular formula is C23H30F3N5O. The van der Waals surface area contributed by atoms with Crippen LogP contribution in [0.5, 0.6) is 0 Å². The molecule has 0 aliphatic carbocycles. The summed E-state index contributed by atoms with van der Waals surface area (Å²) in [5.41, 5.74) is 0.859. The van der Waals surface area contributed by atoms with E-state index in [1.54, 1.807) is 29.3 Å². The molecule has 0 spiro atoms. The maximum Gasteiger partial charge on any atom is 0.410 e. The van der Waals surface area contributed by atoms with Gasteiger partial charge in [0.15, 0.2) is 6.04 Å². The zero-order valence-electron chi connectivity index (χ0n) is 18.7. The van der Waals surface area contributed by atoms with Gasteiger partial charge in [0.05, 0.1) is 18.2 Å². The van der Waals surface area contributed by atoms with Gasteiger partial charge in [-0.3, -0.25) is 9.78 Å². The molecule has 4 heterocycles. The van der Waals surface area contributed by atoms with Gasteiger partial charge >= 0.3 is 6.18 Å². The highest BCUT2D eigenvalue weighted by atomic mass is 19.4. The van der Waals surface area contributed by atoms with Crippen LogP contribution < -0.4 is 5.32 Å². The monoisotopic (exact) mass is 449 g/mol. The Morgan fingerprint density at radius 1 is 1.22 bits per heavy atom. The van der Waals surface area contributed by atoms with Crippen LogP contribution in [0.1, 0.15) is 69.9 Å². The lowest BCUT2D eigenvalue weighted by Gasteiger charge is -2.39. The Bertz CT molecular complexity index is 951. The van der Waals surface area contributed by atoms with Crippen molar-refractivity contribution in [2.24, 2.45) is 5.41 Å². The molecule has 0 bridgehead atoms. The van der Waals surface area contributed by atoms with E-state index < -0.39 is 12.2 Å². The van der Waals surface area contributed by atoms with Crippen molar-refractivity contribution in [3.8, 4) is 0 Å². The molecular weight excluding hydrogens is 419 g/mol. The molecule has 0 unspecified atom stereocenters. The molecule has 0 saturated carbocycles. The Hall–Kier alpha value is -2.58. The number of nitrogens with zero attached hydrogens (tertiary/aromatic N) is 4. The molecule has 32 heavy (non-hydrogen) atoms. The molecule has 1 N–H and O–H groups in total. The maximum atomic E-state index is 13.9. The minimum absolute atomic E-state index is 0.0753. The number of alkyl halides is 3. The van der Waals surface area contributed by atoms with Crippen LogP contribution in [0.4, 0.5) is 19.0 Å². The summed E-state index contributed by atoms with van der Waals surface area (Å²) in [5.74, 6) is 0.295. The van der Waals surface area contributed by atoms with E-state index in [1.165, 1.54) is 0 Å². The lowest BCUT2D eigenvalue weighted by Crippen LogP contribution is -2.44. The third-order valence-electron chi connectivity index (χ3n) is 6.48. The molecule has 2 aromatic heterocycles. The number of anilines is 1. The first kappa shape index (κ1) is 22.6. The number of hydrogen-bond acceptors (Lipinski definition) is 4. The first-order valence-electron chi connectivity index (χ1n) is 11.2. The van der Waals surface area contributed by atoms with Crippen molar-refractivity contribution in [1.29, 1.82) is 0 Å². The van der Waals surface area contributed by atoms with Gasteiger partial charge in [0.25, 0.3) is 0 Å². The Kier molecular flexibility index (Phi) is 5.94. The lowest BCUT2D eigenvalue weighted by atomic mass is 9.82. The van der Waals surface area contributed by atoms with Crippen molar-refractivity contribution in [2.45, 2.75) is 77.2 Å². The maximum absolute atomic E-state index is 13.9. The zero-order valence-corrected chi connectivity index (χ0v) is 18.7. The first-order valence-corrected chi connectivity index (χ1v) is 11.2. The van der Waals surface area contributed by atoms with Gasteiger partial charge in [-0.25, -0.2) is 4.68 Å². The molecule has 1 amide bonds. The smallest absolute Gasteiger partial charge is 0.367 e. The number of likely N-dealkylation sites (tertiary alicyclic amines) is 1. The van der Waals surface area contributed by atoms with Gasteiger partial charge in [-0.05, 0) is 43.2 Å². The predicted molar refractivity (Wildman–Crippen MR) is 115 cm³/mol. The fraction of sp³-hybridized carbons (Fsp3) is 0.609. The van der Waals surface area contributed by atoms with E-state index in [1.807, 2.05) is 26.8 Å². The van der Waals surface area contributed by atoms with E-state index >= 15 is 0 Å². The number of amides is 1. The van der Waals surface area contributed by atoms with Crippen molar-refractivity contribution in [1.82, 2.24) is 19.7 Å².